The fourth-order valence-corrected chi connectivity index (χ4v) is 5.91. The molecule has 1 aliphatic carbocycles. The van der Waals surface area contributed by atoms with Crippen LogP contribution in [0.1, 0.15) is 68.5 Å². The van der Waals surface area contributed by atoms with Crippen LogP contribution in [-0.4, -0.2) is 58.1 Å². The lowest BCUT2D eigenvalue weighted by molar-refractivity contribution is -0.117. The Hall–Kier alpha value is -6.11. The summed E-state index contributed by atoms with van der Waals surface area (Å²) in [5.74, 6) is -2.34. The first kappa shape index (κ1) is 35.2. The number of primary amides is 1. The molecule has 1 unspecified atom stereocenters. The number of aromatic nitrogens is 3. The van der Waals surface area contributed by atoms with E-state index in [1.807, 2.05) is 79.5 Å². The number of hydrogen-bond acceptors (Lipinski definition) is 11. The highest BCUT2D eigenvalue weighted by Crippen LogP contribution is 2.31. The zero-order valence-corrected chi connectivity index (χ0v) is 27.9. The number of hydrogen-bond donors (Lipinski definition) is 3. The first-order chi connectivity index (χ1) is 24.1. The van der Waals surface area contributed by atoms with Crippen LogP contribution in [0.2, 0.25) is 0 Å². The van der Waals surface area contributed by atoms with Crippen LogP contribution in [0.5, 0.6) is 0 Å². The van der Waals surface area contributed by atoms with Crippen molar-refractivity contribution in [3.63, 3.8) is 0 Å². The van der Waals surface area contributed by atoms with E-state index in [4.69, 9.17) is 15.2 Å². The summed E-state index contributed by atoms with van der Waals surface area (Å²) in [6, 6.07) is 22.5. The number of nitrogens with two attached hydrogens (primary N) is 1. The molecule has 50 heavy (non-hydrogen) atoms. The zero-order chi connectivity index (χ0) is 35.6. The van der Waals surface area contributed by atoms with Gasteiger partial charge >= 0.3 is 11.9 Å². The molecule has 1 saturated carbocycles. The average Bonchev–Trinajstić information content (AvgIpc) is 3.14. The number of esters is 2. The Balaban J connectivity index is 1.42. The Morgan fingerprint density at radius 2 is 1.52 bits per heavy atom. The van der Waals surface area contributed by atoms with Gasteiger partial charge in [-0.25, -0.2) is 9.59 Å². The normalized spacial score (nSPS) is 16.8. The van der Waals surface area contributed by atoms with Crippen LogP contribution in [0, 0.1) is 5.92 Å². The van der Waals surface area contributed by atoms with Crippen molar-refractivity contribution < 1.29 is 28.7 Å². The highest BCUT2D eigenvalue weighted by Gasteiger charge is 2.34. The van der Waals surface area contributed by atoms with Crippen molar-refractivity contribution >= 4 is 41.2 Å². The Kier molecular flexibility index (Phi) is 11.5. The van der Waals surface area contributed by atoms with Crippen molar-refractivity contribution in [1.82, 2.24) is 20.5 Å². The molecule has 3 aromatic carbocycles. The molecule has 3 atom stereocenters. The van der Waals surface area contributed by atoms with Crippen LogP contribution in [0.4, 0.5) is 17.5 Å². The van der Waals surface area contributed by atoms with Gasteiger partial charge in [0.15, 0.2) is 11.5 Å². The first-order valence-electron chi connectivity index (χ1n) is 16.2. The molecule has 1 heterocycles. The van der Waals surface area contributed by atoms with Crippen LogP contribution in [0.3, 0.4) is 0 Å². The third-order valence-corrected chi connectivity index (χ3v) is 8.64. The number of nitrogens with one attached hydrogen (secondary N) is 2. The maximum atomic E-state index is 13.5. The molecule has 0 spiro atoms. The van der Waals surface area contributed by atoms with Crippen LogP contribution < -0.4 is 21.3 Å². The molecule has 0 saturated heterocycles. The summed E-state index contributed by atoms with van der Waals surface area (Å²) in [6.07, 6.45) is 3.76. The number of nitrogens with zero attached hydrogens (tertiary/aromatic N) is 4. The van der Waals surface area contributed by atoms with Crippen molar-refractivity contribution in [2.24, 2.45) is 11.7 Å². The molecule has 258 valence electrons. The van der Waals surface area contributed by atoms with Crippen LogP contribution in [0.25, 0.3) is 0 Å². The van der Waals surface area contributed by atoms with Gasteiger partial charge < -0.3 is 30.7 Å². The third kappa shape index (κ3) is 8.67. The SMILES string of the molecule is C=CC(=O)NC1CCC[C@@H](N(C)c2nnc(C(N)=O)c(Nc3ccc(C(=O)OCc4ccccc4)c(C(=O)OCc4ccccc4)c3)n2)[C@H]1C. The molecule has 2 amide bonds. The monoisotopic (exact) mass is 677 g/mol. The lowest BCUT2D eigenvalue weighted by Crippen LogP contribution is -2.51. The number of carbonyl (C=O) groups is 4. The molecule has 1 aliphatic rings. The summed E-state index contributed by atoms with van der Waals surface area (Å²) >= 11 is 0. The van der Waals surface area contributed by atoms with Crippen molar-refractivity contribution in [1.29, 1.82) is 0 Å². The van der Waals surface area contributed by atoms with Gasteiger partial charge in [0.05, 0.1) is 11.1 Å². The maximum absolute atomic E-state index is 13.5. The summed E-state index contributed by atoms with van der Waals surface area (Å²) in [5.41, 5.74) is 7.18. The van der Waals surface area contributed by atoms with E-state index < -0.39 is 17.8 Å². The Morgan fingerprint density at radius 1 is 0.900 bits per heavy atom. The highest BCUT2D eigenvalue weighted by atomic mass is 16.5. The number of anilines is 3. The smallest absolute Gasteiger partial charge is 0.339 e. The van der Waals surface area contributed by atoms with E-state index in [1.54, 1.807) is 6.07 Å². The minimum absolute atomic E-state index is 0.00247. The van der Waals surface area contributed by atoms with Gasteiger partial charge in [0.25, 0.3) is 5.91 Å². The maximum Gasteiger partial charge on any atom is 0.339 e. The van der Waals surface area contributed by atoms with E-state index in [1.165, 1.54) is 18.2 Å². The largest absolute Gasteiger partial charge is 0.457 e. The van der Waals surface area contributed by atoms with Gasteiger partial charge in [0.2, 0.25) is 11.9 Å². The van der Waals surface area contributed by atoms with Crippen LogP contribution >= 0.6 is 0 Å². The second-order valence-corrected chi connectivity index (χ2v) is 12.0. The van der Waals surface area contributed by atoms with Gasteiger partial charge in [-0.05, 0) is 60.6 Å². The second-order valence-electron chi connectivity index (χ2n) is 12.0. The van der Waals surface area contributed by atoms with Crippen molar-refractivity contribution in [2.45, 2.75) is 51.5 Å². The fourth-order valence-electron chi connectivity index (χ4n) is 5.91. The molecule has 13 nitrogen and oxygen atoms in total. The molecule has 1 aromatic heterocycles. The van der Waals surface area contributed by atoms with E-state index in [2.05, 4.69) is 32.4 Å². The molecule has 4 aromatic rings. The number of benzene rings is 3. The van der Waals surface area contributed by atoms with Crippen molar-refractivity contribution in [3.8, 4) is 0 Å². The Labute approximate surface area is 289 Å². The Morgan fingerprint density at radius 3 is 2.12 bits per heavy atom. The minimum Gasteiger partial charge on any atom is -0.457 e. The summed E-state index contributed by atoms with van der Waals surface area (Å²) in [5, 5.41) is 14.3. The lowest BCUT2D eigenvalue weighted by atomic mass is 9.81. The summed E-state index contributed by atoms with van der Waals surface area (Å²) in [4.78, 5) is 57.6. The number of ether oxygens (including phenoxy) is 2. The average molecular weight is 678 g/mol. The minimum atomic E-state index is -0.872. The van der Waals surface area contributed by atoms with Gasteiger partial charge in [-0.2, -0.15) is 4.98 Å². The molecule has 0 radical (unpaired) electrons. The van der Waals surface area contributed by atoms with Gasteiger partial charge in [-0.3, -0.25) is 9.59 Å². The van der Waals surface area contributed by atoms with E-state index >= 15 is 0 Å². The number of carbonyl (C=O) groups excluding carboxylic acids is 4. The van der Waals surface area contributed by atoms with Gasteiger partial charge in [0.1, 0.15) is 13.2 Å². The van der Waals surface area contributed by atoms with Crippen LogP contribution in [-0.2, 0) is 27.5 Å². The van der Waals surface area contributed by atoms with Gasteiger partial charge in [-0.15, -0.1) is 10.2 Å². The molecule has 4 N–H and O–H groups in total. The van der Waals surface area contributed by atoms with E-state index in [0.29, 0.717) is 5.69 Å². The Bertz CT molecular complexity index is 1850. The van der Waals surface area contributed by atoms with E-state index in [0.717, 1.165) is 30.4 Å². The number of rotatable bonds is 13. The number of amides is 2. The molecular formula is C37H39N7O6. The quantitative estimate of drug-likeness (QED) is 0.132. The molecular weight excluding hydrogens is 638 g/mol. The van der Waals surface area contributed by atoms with Gasteiger partial charge in [0, 0.05) is 24.8 Å². The predicted octanol–water partition coefficient (Wildman–Crippen LogP) is 4.72. The van der Waals surface area contributed by atoms with Crippen LogP contribution in [0.15, 0.2) is 91.5 Å². The highest BCUT2D eigenvalue weighted by molar-refractivity contribution is 6.04. The fraction of sp³-hybridized carbons (Fsp3) is 0.270. The summed E-state index contributed by atoms with van der Waals surface area (Å²) in [7, 11) is 1.82. The summed E-state index contributed by atoms with van der Waals surface area (Å²) in [6.45, 7) is 5.57. The van der Waals surface area contributed by atoms with Crippen molar-refractivity contribution in [3.05, 3.63) is 119 Å². The molecule has 0 aliphatic heterocycles. The third-order valence-electron chi connectivity index (χ3n) is 8.64. The first-order valence-corrected chi connectivity index (χ1v) is 16.2. The molecule has 13 heteroatoms. The lowest BCUT2D eigenvalue weighted by Gasteiger charge is -2.41. The molecule has 5 rings (SSSR count). The zero-order valence-electron chi connectivity index (χ0n) is 27.9. The van der Waals surface area contributed by atoms with E-state index in [9.17, 15) is 19.2 Å². The van der Waals surface area contributed by atoms with Gasteiger partial charge in [-0.1, -0.05) is 74.2 Å². The molecule has 1 fully saturated rings. The predicted molar refractivity (Wildman–Crippen MR) is 187 cm³/mol. The second kappa shape index (κ2) is 16.3. The van der Waals surface area contributed by atoms with Crippen molar-refractivity contribution in [2.75, 3.05) is 17.3 Å². The van der Waals surface area contributed by atoms with E-state index in [-0.39, 0.29) is 65.7 Å². The standard InChI is InChI=1S/C37H39N7O6/c1-4-31(45)40-29-16-11-17-30(23(29)2)44(3)37-41-34(32(33(38)46)42-43-37)39-26-18-19-27(35(47)49-21-24-12-7-5-8-13-24)28(20-26)36(48)50-22-25-14-9-6-10-15-25/h4-10,12-15,18-20,23,29-30H,1,11,16-17,21-22H2,2-3H3,(H2,38,46)(H,40,45)(H,39,41,43)/t23-,29?,30+/m0/s1. The topological polar surface area (TPSA) is 179 Å². The molecule has 0 bridgehead atoms. The summed E-state index contributed by atoms with van der Waals surface area (Å²) < 4.78 is 11.1.